The molecular weight excluding hydrogens is 1120 g/mol. The smallest absolute Gasteiger partial charge is 0.766 e. The number of benzene rings is 1. The number of carboxylic acids is 7. The molecule has 2 rings (SSSR count). The first-order valence-electron chi connectivity index (χ1n) is 20.9. The predicted octanol–water partition coefficient (Wildman–Crippen LogP) is -37.2. The number of carbonyl (C=O) groups is 10. The van der Waals surface area contributed by atoms with Gasteiger partial charge in [-0.3, -0.25) is 38.5 Å². The number of aliphatic carboxylic acids is 7. The van der Waals surface area contributed by atoms with E-state index in [-0.39, 0.29) is 314 Å². The Morgan fingerprint density at radius 1 is 0.500 bits per heavy atom. The number of nitrogens with zero attached hydrogens (tertiary/aromatic N) is 4. The van der Waals surface area contributed by atoms with Crippen molar-refractivity contribution in [3.63, 3.8) is 0 Å². The van der Waals surface area contributed by atoms with Gasteiger partial charge in [0.25, 0.3) is 5.91 Å². The molecule has 1 aromatic carbocycles. The molecule has 0 aromatic heterocycles. The van der Waals surface area contributed by atoms with Gasteiger partial charge in [-0.1, -0.05) is 12.1 Å². The number of rotatable bonds is 29. The van der Waals surface area contributed by atoms with Crippen LogP contribution in [0.5, 0.6) is 0 Å². The van der Waals surface area contributed by atoms with Gasteiger partial charge in [0.15, 0.2) is 0 Å². The van der Waals surface area contributed by atoms with Gasteiger partial charge in [0.1, 0.15) is 0 Å². The third kappa shape index (κ3) is 42.6. The molecule has 1 unspecified atom stereocenters. The van der Waals surface area contributed by atoms with Gasteiger partial charge < -0.3 is 94.7 Å². The van der Waals surface area contributed by atoms with Crippen molar-refractivity contribution in [2.75, 3.05) is 91.7 Å². The van der Waals surface area contributed by atoms with Crippen LogP contribution < -0.4 is 298 Å². The summed E-state index contributed by atoms with van der Waals surface area (Å²) in [6, 6.07) is 0.0892. The molecule has 37 heteroatoms. The van der Waals surface area contributed by atoms with Crippen LogP contribution in [0, 0.1) is 0 Å². The molecule has 1 aliphatic rings. The maximum atomic E-state index is 13.0. The maximum absolute atomic E-state index is 13.0. The number of carboxylic acid groups (broad SMARTS) is 7. The molecule has 1 aromatic rings. The minimum absolute atomic E-state index is 0. The molecule has 0 spiro atoms. The second-order valence-electron chi connectivity index (χ2n) is 15.4. The second-order valence-corrected chi connectivity index (χ2v) is 16.9. The Labute approximate surface area is 616 Å². The van der Waals surface area contributed by atoms with Crippen LogP contribution in [0.1, 0.15) is 48.0 Å². The summed E-state index contributed by atoms with van der Waals surface area (Å²) in [6.45, 7) is -1.15. The van der Waals surface area contributed by atoms with Crippen molar-refractivity contribution < 1.29 is 334 Å². The standard InChI is InChI=1S/C39H59N8O20P.8Na/c48-30(41-28(38(61)62)10-20-67-68(65,66)43-29(39(63)64)6-8-32(50)51)7-5-27(37(59)60)42-36(58)26-3-1-25(2-4-26)9-11-40-31(49)21-44-12-14-45(22-33(52)53)16-18-47(24-35(56)57)19-17-46(15-13-44)23-34(54)55;;;;;;;;/h1-4,27-29H,5-24H2,(H,40,49)(H,41,48)(H,42,58)(H,50,51)(H,52,53)(H,54,55)(H,56,57)(H,59,60)(H,61,62)(H,63,64)(H2,43,65,66);;;;;;;;/q;8*+1/p-8/t27-,28-,29-;;;;;;;;/m0......../s1. The topological polar surface area (TPSA) is 443 Å². The molecule has 1 aliphatic heterocycles. The summed E-state index contributed by atoms with van der Waals surface area (Å²) in [5.74, 6) is -13.8. The van der Waals surface area contributed by atoms with Crippen LogP contribution in [0.2, 0.25) is 0 Å². The Balaban J connectivity index is -0.00000119. The molecular formula is C39H51N8Na8O20P. The number of hydrogen-bond donors (Lipinski definition) is 4. The summed E-state index contributed by atoms with van der Waals surface area (Å²) in [5.41, 5.74) is 0.630. The van der Waals surface area contributed by atoms with Crippen molar-refractivity contribution in [3.8, 4) is 0 Å². The van der Waals surface area contributed by atoms with Crippen molar-refractivity contribution in [1.29, 1.82) is 0 Å². The van der Waals surface area contributed by atoms with Gasteiger partial charge in [0, 0.05) is 96.5 Å². The van der Waals surface area contributed by atoms with E-state index in [4.69, 9.17) is 0 Å². The van der Waals surface area contributed by atoms with E-state index < -0.39 is 144 Å². The van der Waals surface area contributed by atoms with E-state index in [1.165, 1.54) is 44.1 Å². The Morgan fingerprint density at radius 2 is 0.882 bits per heavy atom. The van der Waals surface area contributed by atoms with Gasteiger partial charge in [-0.05, 0) is 49.8 Å². The number of carbonyl (C=O) groups excluding carboxylic acids is 10. The molecule has 380 valence electrons. The number of amides is 3. The minimum Gasteiger partial charge on any atom is -0.766 e. The molecule has 4 N–H and O–H groups in total. The third-order valence-corrected chi connectivity index (χ3v) is 11.2. The molecule has 0 radical (unpaired) electrons. The Morgan fingerprint density at radius 3 is 1.26 bits per heavy atom. The zero-order chi connectivity index (χ0) is 51.0. The summed E-state index contributed by atoms with van der Waals surface area (Å²) < 4.78 is 16.6. The summed E-state index contributed by atoms with van der Waals surface area (Å²) in [4.78, 5) is 136. The van der Waals surface area contributed by atoms with Crippen molar-refractivity contribution in [3.05, 3.63) is 35.4 Å². The van der Waals surface area contributed by atoms with Crippen molar-refractivity contribution in [2.45, 2.75) is 56.7 Å². The van der Waals surface area contributed by atoms with Gasteiger partial charge in [0.05, 0.1) is 67.1 Å². The Kier molecular flexibility index (Phi) is 60.5. The zero-order valence-electron chi connectivity index (χ0n) is 44.6. The first kappa shape index (κ1) is 91.6. The molecule has 1 heterocycles. The molecule has 0 saturated carbocycles. The fourth-order valence-corrected chi connectivity index (χ4v) is 7.52. The van der Waals surface area contributed by atoms with E-state index in [2.05, 4.69) is 15.2 Å². The average molecular weight is 1170 g/mol. The monoisotopic (exact) mass is 1170 g/mol. The fraction of sp³-hybridized carbons (Fsp3) is 0.590. The van der Waals surface area contributed by atoms with Crippen molar-refractivity contribution in [1.82, 2.24) is 40.6 Å². The largest absolute Gasteiger partial charge is 1.00 e. The Hall–Kier alpha value is 1.87. The third-order valence-electron chi connectivity index (χ3n) is 10.1. The van der Waals surface area contributed by atoms with Gasteiger partial charge in [-0.2, -0.15) is 0 Å². The van der Waals surface area contributed by atoms with Gasteiger partial charge in [-0.25, -0.2) is 5.09 Å². The van der Waals surface area contributed by atoms with Crippen LogP contribution >= 0.6 is 7.75 Å². The summed E-state index contributed by atoms with van der Waals surface area (Å²) in [5, 5.41) is 87.6. The summed E-state index contributed by atoms with van der Waals surface area (Å²) in [7, 11) is -5.22. The van der Waals surface area contributed by atoms with E-state index in [9.17, 15) is 93.1 Å². The SMILES string of the molecule is O=C([O-])CC[C@H](NP(=O)([O-])OCC[C@H](NC(=O)CC[C@H](NC(=O)c1ccc(CCNC(=O)CN2CCN(CC(=O)[O-])CCN(CC(=O)[O-])CCN(CC(=O)[O-])CC2)cc1)C(=O)[O-])C(=O)[O-])C(=O)[O-].[Na+].[Na+].[Na+].[Na+].[Na+].[Na+].[Na+].[Na+]. The molecule has 28 nitrogen and oxygen atoms in total. The van der Waals surface area contributed by atoms with Crippen LogP contribution in [0.15, 0.2) is 24.3 Å². The van der Waals surface area contributed by atoms with E-state index in [1.807, 2.05) is 5.32 Å². The number of nitrogens with one attached hydrogen (secondary N) is 4. The average Bonchev–Trinajstić information content (AvgIpc) is 3.23. The molecule has 3 amide bonds. The van der Waals surface area contributed by atoms with E-state index in [0.717, 1.165) is 0 Å². The Bertz CT molecular complexity index is 1980. The quantitative estimate of drug-likeness (QED) is 0.0427. The van der Waals surface area contributed by atoms with E-state index in [0.29, 0.717) is 5.56 Å². The molecule has 1 saturated heterocycles. The molecule has 76 heavy (non-hydrogen) atoms. The van der Waals surface area contributed by atoms with Crippen LogP contribution in [0.4, 0.5) is 0 Å². The molecule has 1 fully saturated rings. The van der Waals surface area contributed by atoms with Crippen LogP contribution in [-0.2, 0) is 58.7 Å². The van der Waals surface area contributed by atoms with Gasteiger partial charge in [0.2, 0.25) is 19.6 Å². The maximum Gasteiger partial charge on any atom is 1.00 e. The fourth-order valence-electron chi connectivity index (χ4n) is 6.48. The van der Waals surface area contributed by atoms with Crippen molar-refractivity contribution >= 4 is 67.3 Å². The summed E-state index contributed by atoms with van der Waals surface area (Å²) in [6.07, 6.45) is -3.37. The van der Waals surface area contributed by atoms with Crippen LogP contribution in [0.3, 0.4) is 0 Å². The molecule has 4 atom stereocenters. The molecule has 0 bridgehead atoms. The first-order valence-corrected chi connectivity index (χ1v) is 22.5. The van der Waals surface area contributed by atoms with E-state index in [1.54, 1.807) is 4.90 Å². The van der Waals surface area contributed by atoms with Gasteiger partial charge >= 0.3 is 236 Å². The molecule has 0 aliphatic carbocycles. The number of hydrogen-bond acceptors (Lipinski definition) is 24. The van der Waals surface area contributed by atoms with Crippen LogP contribution in [-0.4, -0.2) is 189 Å². The summed E-state index contributed by atoms with van der Waals surface area (Å²) >= 11 is 0. The predicted molar refractivity (Wildman–Crippen MR) is 211 cm³/mol. The first-order chi connectivity index (χ1) is 31.9. The zero-order valence-corrected chi connectivity index (χ0v) is 61.5. The normalized spacial score (nSPS) is 15.1. The van der Waals surface area contributed by atoms with Crippen LogP contribution in [0.25, 0.3) is 0 Å². The van der Waals surface area contributed by atoms with Crippen molar-refractivity contribution in [2.24, 2.45) is 0 Å². The van der Waals surface area contributed by atoms with Gasteiger partial charge in [-0.15, -0.1) is 0 Å². The minimum atomic E-state index is -5.22. The second kappa shape index (κ2) is 50.2. The van der Waals surface area contributed by atoms with E-state index >= 15 is 0 Å².